The van der Waals surface area contributed by atoms with Crippen molar-refractivity contribution in [1.29, 1.82) is 0 Å². The highest BCUT2D eigenvalue weighted by Gasteiger charge is 2.17. The summed E-state index contributed by atoms with van der Waals surface area (Å²) < 4.78 is 1.07. The molecule has 0 aromatic carbocycles. The third kappa shape index (κ3) is 3.18. The van der Waals surface area contributed by atoms with E-state index in [-0.39, 0.29) is 5.78 Å². The Morgan fingerprint density at radius 2 is 2.05 bits per heavy atom. The van der Waals surface area contributed by atoms with Gasteiger partial charge < -0.3 is 0 Å². The number of Topliss-reactive ketones (excluding diaryl/α,β-unsaturated/α-hetero) is 1. The molecule has 0 unspecified atom stereocenters. The van der Waals surface area contributed by atoms with E-state index in [2.05, 4.69) is 22.0 Å². The maximum absolute atomic E-state index is 12.3. The molecule has 2 aromatic heterocycles. The van der Waals surface area contributed by atoms with E-state index in [1.807, 2.05) is 11.4 Å². The normalized spacial score (nSPS) is 15.0. The molecule has 0 atom stereocenters. The molecule has 0 spiro atoms. The van der Waals surface area contributed by atoms with Crippen LogP contribution in [0.2, 0.25) is 0 Å². The van der Waals surface area contributed by atoms with Crippen molar-refractivity contribution in [2.75, 3.05) is 0 Å². The smallest absolute Gasteiger partial charge is 0.177 e. The molecule has 1 aliphatic carbocycles. The highest BCUT2D eigenvalue weighted by Crippen LogP contribution is 2.30. The number of fused-ring (bicyclic) bond motifs is 1. The SMILES string of the molecule is O=C(Cc1cc(Br)cs1)c1cc2c(s1)CCCCC2. The second-order valence-electron chi connectivity index (χ2n) is 4.95. The molecular formula is C15H15BrOS2. The summed E-state index contributed by atoms with van der Waals surface area (Å²) in [5, 5.41) is 2.03. The van der Waals surface area contributed by atoms with Crippen molar-refractivity contribution < 1.29 is 4.79 Å². The van der Waals surface area contributed by atoms with Crippen LogP contribution in [-0.4, -0.2) is 5.78 Å². The first-order valence-corrected chi connectivity index (χ1v) is 9.09. The van der Waals surface area contributed by atoms with E-state index in [9.17, 15) is 4.79 Å². The second-order valence-corrected chi connectivity index (χ2v) is 8.00. The zero-order valence-electron chi connectivity index (χ0n) is 10.6. The van der Waals surface area contributed by atoms with Gasteiger partial charge in [-0.1, -0.05) is 6.42 Å². The Bertz CT molecular complexity index is 574. The van der Waals surface area contributed by atoms with Crippen molar-refractivity contribution in [3.63, 3.8) is 0 Å². The first kappa shape index (κ1) is 13.5. The van der Waals surface area contributed by atoms with Crippen LogP contribution in [0, 0.1) is 0 Å². The zero-order chi connectivity index (χ0) is 13.2. The third-order valence-corrected chi connectivity index (χ3v) is 6.45. The average molecular weight is 355 g/mol. The number of thiophene rings is 2. The fourth-order valence-corrected chi connectivity index (χ4v) is 5.14. The van der Waals surface area contributed by atoms with Crippen molar-refractivity contribution in [3.8, 4) is 0 Å². The van der Waals surface area contributed by atoms with Gasteiger partial charge in [-0.05, 0) is 59.3 Å². The number of ketones is 1. The predicted molar refractivity (Wildman–Crippen MR) is 85.6 cm³/mol. The van der Waals surface area contributed by atoms with Crippen LogP contribution in [0.4, 0.5) is 0 Å². The standard InChI is InChI=1S/C15H15BrOS2/c16-11-7-12(18-9-11)8-13(17)15-6-10-4-2-1-3-5-14(10)19-15/h6-7,9H,1-5,8H2. The number of carbonyl (C=O) groups is 1. The number of carbonyl (C=O) groups excluding carboxylic acids is 1. The lowest BCUT2D eigenvalue weighted by atomic mass is 10.1. The van der Waals surface area contributed by atoms with E-state index in [0.717, 1.165) is 27.1 Å². The fourth-order valence-electron chi connectivity index (χ4n) is 2.50. The molecule has 2 aromatic rings. The molecule has 2 heterocycles. The summed E-state index contributed by atoms with van der Waals surface area (Å²) in [5.74, 6) is 0.271. The number of hydrogen-bond donors (Lipinski definition) is 0. The van der Waals surface area contributed by atoms with E-state index >= 15 is 0 Å². The van der Waals surface area contributed by atoms with Crippen LogP contribution in [0.5, 0.6) is 0 Å². The van der Waals surface area contributed by atoms with Crippen LogP contribution >= 0.6 is 38.6 Å². The molecule has 1 nitrogen and oxygen atoms in total. The van der Waals surface area contributed by atoms with Gasteiger partial charge in [-0.15, -0.1) is 22.7 Å². The maximum atomic E-state index is 12.3. The molecule has 19 heavy (non-hydrogen) atoms. The molecule has 0 N–H and O–H groups in total. The lowest BCUT2D eigenvalue weighted by molar-refractivity contribution is 0.0997. The van der Waals surface area contributed by atoms with Crippen LogP contribution < -0.4 is 0 Å². The molecular weight excluding hydrogens is 340 g/mol. The van der Waals surface area contributed by atoms with Gasteiger partial charge in [0, 0.05) is 26.0 Å². The Hall–Kier alpha value is -0.450. The number of aryl methyl sites for hydroxylation is 2. The molecule has 1 aliphatic rings. The molecule has 3 rings (SSSR count). The molecule has 0 bridgehead atoms. The van der Waals surface area contributed by atoms with Crippen molar-refractivity contribution in [2.45, 2.75) is 38.5 Å². The summed E-state index contributed by atoms with van der Waals surface area (Å²) in [6.45, 7) is 0. The van der Waals surface area contributed by atoms with Gasteiger partial charge in [-0.25, -0.2) is 0 Å². The predicted octanol–water partition coefficient (Wildman–Crippen LogP) is 5.27. The monoisotopic (exact) mass is 354 g/mol. The van der Waals surface area contributed by atoms with Gasteiger partial charge >= 0.3 is 0 Å². The Labute approximate surface area is 129 Å². The van der Waals surface area contributed by atoms with Gasteiger partial charge in [0.25, 0.3) is 0 Å². The Balaban J connectivity index is 1.76. The van der Waals surface area contributed by atoms with Crippen LogP contribution in [0.25, 0.3) is 0 Å². The Kier molecular flexibility index (Phi) is 4.20. The zero-order valence-corrected chi connectivity index (χ0v) is 13.8. The maximum Gasteiger partial charge on any atom is 0.177 e. The summed E-state index contributed by atoms with van der Waals surface area (Å²) >= 11 is 6.81. The van der Waals surface area contributed by atoms with Gasteiger partial charge in [0.05, 0.1) is 4.88 Å². The highest BCUT2D eigenvalue weighted by atomic mass is 79.9. The van der Waals surface area contributed by atoms with E-state index in [1.54, 1.807) is 22.7 Å². The molecule has 0 fully saturated rings. The third-order valence-electron chi connectivity index (χ3n) is 3.48. The Morgan fingerprint density at radius 1 is 1.21 bits per heavy atom. The Morgan fingerprint density at radius 3 is 2.84 bits per heavy atom. The van der Waals surface area contributed by atoms with Crippen LogP contribution in [0.1, 0.15) is 44.3 Å². The molecule has 100 valence electrons. The van der Waals surface area contributed by atoms with E-state index in [0.29, 0.717) is 6.42 Å². The molecule has 0 saturated carbocycles. The summed E-state index contributed by atoms with van der Waals surface area (Å²) in [6, 6.07) is 4.19. The van der Waals surface area contributed by atoms with Gasteiger partial charge in [-0.3, -0.25) is 4.79 Å². The topological polar surface area (TPSA) is 17.1 Å². The van der Waals surface area contributed by atoms with Gasteiger partial charge in [0.15, 0.2) is 5.78 Å². The summed E-state index contributed by atoms with van der Waals surface area (Å²) in [5.41, 5.74) is 1.43. The fraction of sp³-hybridized carbons (Fsp3) is 0.400. The largest absolute Gasteiger partial charge is 0.293 e. The van der Waals surface area contributed by atoms with Crippen molar-refractivity contribution in [1.82, 2.24) is 0 Å². The second kappa shape index (κ2) is 5.90. The average Bonchev–Trinajstić information content (AvgIpc) is 2.91. The minimum Gasteiger partial charge on any atom is -0.293 e. The van der Waals surface area contributed by atoms with E-state index in [4.69, 9.17) is 0 Å². The highest BCUT2D eigenvalue weighted by molar-refractivity contribution is 9.10. The number of hydrogen-bond acceptors (Lipinski definition) is 3. The molecule has 4 heteroatoms. The van der Waals surface area contributed by atoms with Crippen molar-refractivity contribution >= 4 is 44.4 Å². The van der Waals surface area contributed by atoms with E-state index in [1.165, 1.54) is 29.7 Å². The van der Waals surface area contributed by atoms with Gasteiger partial charge in [-0.2, -0.15) is 0 Å². The first-order chi connectivity index (χ1) is 9.22. The van der Waals surface area contributed by atoms with E-state index < -0.39 is 0 Å². The minimum atomic E-state index is 0.271. The first-order valence-electron chi connectivity index (χ1n) is 6.60. The van der Waals surface area contributed by atoms with Gasteiger partial charge in [0.2, 0.25) is 0 Å². The quantitative estimate of drug-likeness (QED) is 0.542. The molecule has 0 amide bonds. The lowest BCUT2D eigenvalue weighted by Crippen LogP contribution is -1.99. The molecule has 0 aliphatic heterocycles. The minimum absolute atomic E-state index is 0.271. The number of rotatable bonds is 3. The lowest BCUT2D eigenvalue weighted by Gasteiger charge is -1.95. The van der Waals surface area contributed by atoms with Crippen LogP contribution in [-0.2, 0) is 19.3 Å². The van der Waals surface area contributed by atoms with Gasteiger partial charge in [0.1, 0.15) is 0 Å². The summed E-state index contributed by atoms with van der Waals surface area (Å²) in [4.78, 5) is 15.9. The summed E-state index contributed by atoms with van der Waals surface area (Å²) in [7, 11) is 0. The molecule has 0 saturated heterocycles. The molecule has 0 radical (unpaired) electrons. The number of halogens is 1. The summed E-state index contributed by atoms with van der Waals surface area (Å²) in [6.07, 6.45) is 6.74. The van der Waals surface area contributed by atoms with Crippen LogP contribution in [0.3, 0.4) is 0 Å². The van der Waals surface area contributed by atoms with Crippen molar-refractivity contribution in [3.05, 3.63) is 42.2 Å². The van der Waals surface area contributed by atoms with Crippen molar-refractivity contribution in [2.24, 2.45) is 0 Å². The van der Waals surface area contributed by atoms with Crippen LogP contribution in [0.15, 0.2) is 22.0 Å².